The van der Waals surface area contributed by atoms with Gasteiger partial charge in [-0.15, -0.1) is 0 Å². The summed E-state index contributed by atoms with van der Waals surface area (Å²) in [6, 6.07) is 15.3. The minimum Gasteiger partial charge on any atom is -0.495 e. The molecule has 0 radical (unpaired) electrons. The lowest BCUT2D eigenvalue weighted by atomic mass is 10.2. The molecule has 0 atom stereocenters. The summed E-state index contributed by atoms with van der Waals surface area (Å²) in [4.78, 5) is 16.1. The highest BCUT2D eigenvalue weighted by atomic mass is 16.5. The molecular weight excluding hydrogens is 340 g/mol. The van der Waals surface area contributed by atoms with Crippen molar-refractivity contribution in [3.63, 3.8) is 0 Å². The third-order valence-corrected chi connectivity index (χ3v) is 3.98. The quantitative estimate of drug-likeness (QED) is 0.703. The Morgan fingerprint density at radius 3 is 2.74 bits per heavy atom. The van der Waals surface area contributed by atoms with Gasteiger partial charge < -0.3 is 19.9 Å². The molecule has 1 heterocycles. The number of rotatable bonds is 6. The van der Waals surface area contributed by atoms with Crippen molar-refractivity contribution in [2.45, 2.75) is 13.5 Å². The Labute approximate surface area is 158 Å². The van der Waals surface area contributed by atoms with Gasteiger partial charge in [0.25, 0.3) is 0 Å². The second kappa shape index (κ2) is 8.71. The van der Waals surface area contributed by atoms with Crippen LogP contribution in [0.1, 0.15) is 16.8 Å². The molecule has 0 spiro atoms. The smallest absolute Gasteiger partial charge is 0.319 e. The van der Waals surface area contributed by atoms with Crippen LogP contribution in [-0.4, -0.2) is 22.7 Å². The second-order valence-electron chi connectivity index (χ2n) is 6.00. The van der Waals surface area contributed by atoms with Gasteiger partial charge in [-0.2, -0.15) is 0 Å². The molecule has 0 saturated carbocycles. The molecule has 2 N–H and O–H groups in total. The Bertz CT molecular complexity index is 932. The summed E-state index contributed by atoms with van der Waals surface area (Å²) in [5.41, 5.74) is 3.80. The maximum atomic E-state index is 11.9. The monoisotopic (exact) mass is 362 g/mol. The maximum Gasteiger partial charge on any atom is 0.319 e. The first-order valence-corrected chi connectivity index (χ1v) is 8.59. The Hall–Kier alpha value is -3.54. The van der Waals surface area contributed by atoms with Crippen LogP contribution in [0.3, 0.4) is 0 Å². The zero-order valence-electron chi connectivity index (χ0n) is 15.3. The van der Waals surface area contributed by atoms with Crippen LogP contribution in [0.25, 0.3) is 11.8 Å². The van der Waals surface area contributed by atoms with Crippen molar-refractivity contribution in [1.29, 1.82) is 0 Å². The highest BCUT2D eigenvalue weighted by molar-refractivity contribution is 5.76. The summed E-state index contributed by atoms with van der Waals surface area (Å²) in [6.07, 6.45) is 7.11. The number of ether oxygens (including phenoxy) is 1. The van der Waals surface area contributed by atoms with Crippen LogP contribution in [0.4, 0.5) is 4.79 Å². The lowest BCUT2D eigenvalue weighted by Gasteiger charge is -2.10. The summed E-state index contributed by atoms with van der Waals surface area (Å²) in [5, 5.41) is 5.51. The lowest BCUT2D eigenvalue weighted by molar-refractivity contribution is 0.244. The van der Waals surface area contributed by atoms with Crippen LogP contribution >= 0.6 is 0 Å². The first kappa shape index (κ1) is 18.3. The van der Waals surface area contributed by atoms with Crippen molar-refractivity contribution in [3.8, 4) is 11.4 Å². The molecule has 2 amide bonds. The fraction of sp³-hybridized carbons (Fsp3) is 0.143. The normalized spacial score (nSPS) is 10.7. The van der Waals surface area contributed by atoms with Gasteiger partial charge in [-0.1, -0.05) is 36.4 Å². The van der Waals surface area contributed by atoms with Gasteiger partial charge in [0.15, 0.2) is 0 Å². The Morgan fingerprint density at radius 2 is 2.04 bits per heavy atom. The van der Waals surface area contributed by atoms with E-state index in [2.05, 4.69) is 15.6 Å². The van der Waals surface area contributed by atoms with E-state index in [-0.39, 0.29) is 6.03 Å². The first-order chi connectivity index (χ1) is 13.2. The number of hydrogen-bond acceptors (Lipinski definition) is 3. The van der Waals surface area contributed by atoms with Crippen molar-refractivity contribution in [3.05, 3.63) is 84.1 Å². The fourth-order valence-corrected chi connectivity index (χ4v) is 2.61. The summed E-state index contributed by atoms with van der Waals surface area (Å²) in [5.74, 6) is 0.725. The predicted molar refractivity (Wildman–Crippen MR) is 106 cm³/mol. The molecule has 0 aliphatic rings. The van der Waals surface area contributed by atoms with Crippen LogP contribution in [0.5, 0.6) is 5.75 Å². The van der Waals surface area contributed by atoms with Gasteiger partial charge in [-0.05, 0) is 36.3 Å². The Morgan fingerprint density at radius 1 is 1.22 bits per heavy atom. The van der Waals surface area contributed by atoms with E-state index in [1.165, 1.54) is 0 Å². The van der Waals surface area contributed by atoms with Crippen molar-refractivity contribution >= 4 is 12.1 Å². The van der Waals surface area contributed by atoms with Crippen LogP contribution in [0.2, 0.25) is 0 Å². The van der Waals surface area contributed by atoms with Crippen molar-refractivity contribution < 1.29 is 9.53 Å². The average Bonchev–Trinajstić information content (AvgIpc) is 3.13. The second-order valence-corrected chi connectivity index (χ2v) is 6.00. The molecule has 1 aromatic heterocycles. The van der Waals surface area contributed by atoms with E-state index in [9.17, 15) is 4.79 Å². The zero-order chi connectivity index (χ0) is 19.1. The molecule has 3 rings (SSSR count). The highest BCUT2D eigenvalue weighted by Gasteiger charge is 2.06. The molecular formula is C21H22N4O2. The van der Waals surface area contributed by atoms with E-state index in [4.69, 9.17) is 4.74 Å². The summed E-state index contributed by atoms with van der Waals surface area (Å²) < 4.78 is 7.40. The molecule has 3 aromatic rings. The average molecular weight is 362 g/mol. The van der Waals surface area contributed by atoms with Crippen LogP contribution in [0.15, 0.2) is 67.3 Å². The van der Waals surface area contributed by atoms with Crippen molar-refractivity contribution in [2.24, 2.45) is 0 Å². The third-order valence-electron chi connectivity index (χ3n) is 3.98. The molecule has 0 aliphatic heterocycles. The Kier molecular flexibility index (Phi) is 5.89. The van der Waals surface area contributed by atoms with Crippen LogP contribution < -0.4 is 15.4 Å². The number of hydrogen-bond donors (Lipinski definition) is 2. The van der Waals surface area contributed by atoms with E-state index < -0.39 is 0 Å². The van der Waals surface area contributed by atoms with Gasteiger partial charge in [-0.3, -0.25) is 0 Å². The summed E-state index contributed by atoms with van der Waals surface area (Å²) in [6.45, 7) is 2.42. The van der Waals surface area contributed by atoms with Gasteiger partial charge in [0.05, 0.1) is 24.8 Å². The molecule has 0 aliphatic carbocycles. The van der Waals surface area contributed by atoms with E-state index in [0.29, 0.717) is 6.54 Å². The number of amides is 2. The van der Waals surface area contributed by atoms with Crippen LogP contribution in [-0.2, 0) is 6.54 Å². The SMILES string of the molecule is COc1cc(C=CNC(=O)NCc2ccccc2)ccc1-n1cnc(C)c1. The molecule has 0 unspecified atom stereocenters. The summed E-state index contributed by atoms with van der Waals surface area (Å²) >= 11 is 0. The number of nitrogens with zero attached hydrogens (tertiary/aromatic N) is 2. The van der Waals surface area contributed by atoms with E-state index in [0.717, 1.165) is 28.3 Å². The molecule has 0 saturated heterocycles. The van der Waals surface area contributed by atoms with Gasteiger partial charge in [0, 0.05) is 18.9 Å². The predicted octanol–water partition coefficient (Wildman–Crippen LogP) is 3.66. The number of methoxy groups -OCH3 is 1. The molecule has 6 nitrogen and oxygen atoms in total. The van der Waals surface area contributed by atoms with Gasteiger partial charge in [-0.25, -0.2) is 9.78 Å². The number of benzene rings is 2. The van der Waals surface area contributed by atoms with Gasteiger partial charge in [0.1, 0.15) is 5.75 Å². The van der Waals surface area contributed by atoms with Gasteiger partial charge in [0.2, 0.25) is 0 Å². The number of urea groups is 1. The van der Waals surface area contributed by atoms with Crippen LogP contribution in [0, 0.1) is 6.92 Å². The topological polar surface area (TPSA) is 68.2 Å². The number of carbonyl (C=O) groups is 1. The minimum absolute atomic E-state index is 0.257. The zero-order valence-corrected chi connectivity index (χ0v) is 15.3. The van der Waals surface area contributed by atoms with Crippen molar-refractivity contribution in [2.75, 3.05) is 7.11 Å². The largest absolute Gasteiger partial charge is 0.495 e. The lowest BCUT2D eigenvalue weighted by Crippen LogP contribution is -2.31. The fourth-order valence-electron chi connectivity index (χ4n) is 2.61. The molecule has 6 heteroatoms. The molecule has 27 heavy (non-hydrogen) atoms. The number of aromatic nitrogens is 2. The number of imidazole rings is 1. The van der Waals surface area contributed by atoms with E-state index in [1.54, 1.807) is 19.6 Å². The summed E-state index contributed by atoms with van der Waals surface area (Å²) in [7, 11) is 1.63. The van der Waals surface area contributed by atoms with E-state index in [1.807, 2.05) is 72.3 Å². The Balaban J connectivity index is 1.59. The number of carbonyl (C=O) groups excluding carboxylic acids is 1. The van der Waals surface area contributed by atoms with Crippen molar-refractivity contribution in [1.82, 2.24) is 20.2 Å². The van der Waals surface area contributed by atoms with E-state index >= 15 is 0 Å². The molecule has 138 valence electrons. The first-order valence-electron chi connectivity index (χ1n) is 8.59. The minimum atomic E-state index is -0.257. The standard InChI is InChI=1S/C21H22N4O2/c1-16-14-25(15-24-16)19-9-8-17(12-20(19)27-2)10-11-22-21(26)23-13-18-6-4-3-5-7-18/h3-12,14-15H,13H2,1-2H3,(H2,22,23,26). The number of nitrogens with one attached hydrogen (secondary N) is 2. The molecule has 0 fully saturated rings. The highest BCUT2D eigenvalue weighted by Crippen LogP contribution is 2.25. The molecule has 0 bridgehead atoms. The number of aryl methyl sites for hydroxylation is 1. The molecule has 2 aromatic carbocycles. The third kappa shape index (κ3) is 4.98. The maximum absolute atomic E-state index is 11.9. The van der Waals surface area contributed by atoms with Gasteiger partial charge >= 0.3 is 6.03 Å².